The number of aromatic nitrogens is 4. The first-order valence-electron chi connectivity index (χ1n) is 6.94. The van der Waals surface area contributed by atoms with Gasteiger partial charge in [0.05, 0.1) is 0 Å². The van der Waals surface area contributed by atoms with Crippen LogP contribution in [0.4, 0.5) is 0 Å². The van der Waals surface area contributed by atoms with Crippen molar-refractivity contribution in [2.24, 2.45) is 5.73 Å². The van der Waals surface area contributed by atoms with Crippen LogP contribution in [0, 0.1) is 0 Å². The molecule has 3 aromatic rings. The molecule has 0 aliphatic carbocycles. The summed E-state index contributed by atoms with van der Waals surface area (Å²) in [5.41, 5.74) is 8.89. The van der Waals surface area contributed by atoms with Gasteiger partial charge >= 0.3 is 0 Å². The first-order chi connectivity index (χ1) is 10.7. The third-order valence-corrected chi connectivity index (χ3v) is 3.46. The molecular weight excluding hydrogens is 278 g/mol. The molecule has 3 N–H and O–H groups in total. The Labute approximate surface area is 127 Å². The molecule has 0 aliphatic rings. The van der Waals surface area contributed by atoms with Crippen LogP contribution in [0.1, 0.15) is 21.7 Å². The molecule has 0 saturated heterocycles. The van der Waals surface area contributed by atoms with E-state index in [1.54, 1.807) is 0 Å². The van der Waals surface area contributed by atoms with Gasteiger partial charge in [-0.05, 0) is 29.2 Å². The fourth-order valence-electron chi connectivity index (χ4n) is 2.36. The van der Waals surface area contributed by atoms with Crippen molar-refractivity contribution >= 4 is 5.91 Å². The molecule has 0 unspecified atom stereocenters. The second-order valence-electron chi connectivity index (χ2n) is 4.94. The van der Waals surface area contributed by atoms with E-state index in [-0.39, 0.29) is 0 Å². The van der Waals surface area contributed by atoms with Crippen LogP contribution in [0.25, 0.3) is 11.1 Å². The van der Waals surface area contributed by atoms with Gasteiger partial charge in [0, 0.05) is 12.0 Å². The number of hydrogen-bond acceptors (Lipinski definition) is 4. The first-order valence-corrected chi connectivity index (χ1v) is 6.94. The Morgan fingerprint density at radius 1 is 1.09 bits per heavy atom. The van der Waals surface area contributed by atoms with Crippen LogP contribution in [0.2, 0.25) is 0 Å². The van der Waals surface area contributed by atoms with E-state index in [1.165, 1.54) is 0 Å². The van der Waals surface area contributed by atoms with Gasteiger partial charge in [-0.15, -0.1) is 10.2 Å². The Morgan fingerprint density at radius 2 is 1.91 bits per heavy atom. The van der Waals surface area contributed by atoms with Crippen LogP contribution in [0.5, 0.6) is 0 Å². The third-order valence-electron chi connectivity index (χ3n) is 3.46. The summed E-state index contributed by atoms with van der Waals surface area (Å²) in [6, 6.07) is 15.5. The summed E-state index contributed by atoms with van der Waals surface area (Å²) >= 11 is 0. The Morgan fingerprint density at radius 3 is 2.59 bits per heavy atom. The van der Waals surface area contributed by atoms with Crippen LogP contribution in [-0.4, -0.2) is 26.5 Å². The molecule has 0 bridgehead atoms. The molecule has 0 fully saturated rings. The lowest BCUT2D eigenvalue weighted by Crippen LogP contribution is -2.13. The summed E-state index contributed by atoms with van der Waals surface area (Å²) in [6.45, 7) is 0. The zero-order chi connectivity index (χ0) is 15.4. The van der Waals surface area contributed by atoms with E-state index in [1.807, 2.05) is 48.5 Å². The number of primary amides is 1. The van der Waals surface area contributed by atoms with Crippen LogP contribution in [0.3, 0.4) is 0 Å². The molecule has 110 valence electrons. The Balaban J connectivity index is 1.88. The van der Waals surface area contributed by atoms with Gasteiger partial charge in [0.1, 0.15) is 0 Å². The van der Waals surface area contributed by atoms with Gasteiger partial charge in [-0.25, -0.2) is 0 Å². The highest BCUT2D eigenvalue weighted by Crippen LogP contribution is 2.24. The minimum absolute atomic E-state index is 0.430. The second kappa shape index (κ2) is 6.17. The normalized spacial score (nSPS) is 10.5. The molecule has 6 heteroatoms. The summed E-state index contributed by atoms with van der Waals surface area (Å²) in [5.74, 6) is 0.216. The molecule has 22 heavy (non-hydrogen) atoms. The van der Waals surface area contributed by atoms with Crippen molar-refractivity contribution in [1.82, 2.24) is 20.6 Å². The molecule has 1 heterocycles. The van der Waals surface area contributed by atoms with Crippen molar-refractivity contribution in [2.45, 2.75) is 12.8 Å². The highest BCUT2D eigenvalue weighted by Gasteiger charge is 2.11. The molecule has 0 radical (unpaired) electrons. The SMILES string of the molecule is NC(=O)c1cc(CCc2nn[nH]n2)ccc1-c1ccccc1. The number of rotatable bonds is 5. The Bertz CT molecular complexity index is 768. The van der Waals surface area contributed by atoms with E-state index >= 15 is 0 Å². The summed E-state index contributed by atoms with van der Waals surface area (Å²) in [4.78, 5) is 11.8. The van der Waals surface area contributed by atoms with E-state index in [0.717, 1.165) is 23.1 Å². The van der Waals surface area contributed by atoms with E-state index < -0.39 is 5.91 Å². The zero-order valence-electron chi connectivity index (χ0n) is 11.9. The number of aryl methyl sites for hydroxylation is 2. The van der Waals surface area contributed by atoms with Gasteiger partial charge < -0.3 is 5.73 Å². The number of nitrogens with two attached hydrogens (primary N) is 1. The van der Waals surface area contributed by atoms with E-state index in [9.17, 15) is 4.79 Å². The van der Waals surface area contributed by atoms with E-state index in [0.29, 0.717) is 17.8 Å². The maximum Gasteiger partial charge on any atom is 0.249 e. The smallest absolute Gasteiger partial charge is 0.249 e. The maximum absolute atomic E-state index is 11.8. The zero-order valence-corrected chi connectivity index (χ0v) is 11.9. The highest BCUT2D eigenvalue weighted by atomic mass is 16.1. The van der Waals surface area contributed by atoms with Crippen molar-refractivity contribution < 1.29 is 4.79 Å². The number of carbonyl (C=O) groups is 1. The van der Waals surface area contributed by atoms with Gasteiger partial charge in [0.2, 0.25) is 5.91 Å². The number of nitrogens with one attached hydrogen (secondary N) is 1. The number of amides is 1. The maximum atomic E-state index is 11.8. The summed E-state index contributed by atoms with van der Waals surface area (Å²) in [5, 5.41) is 13.8. The lowest BCUT2D eigenvalue weighted by atomic mass is 9.95. The number of tetrazole rings is 1. The number of aromatic amines is 1. The molecule has 2 aromatic carbocycles. The molecule has 3 rings (SSSR count). The number of nitrogens with zero attached hydrogens (tertiary/aromatic N) is 3. The van der Waals surface area contributed by atoms with Gasteiger partial charge in [-0.3, -0.25) is 4.79 Å². The molecule has 6 nitrogen and oxygen atoms in total. The summed E-state index contributed by atoms with van der Waals surface area (Å²) in [7, 11) is 0. The quantitative estimate of drug-likeness (QED) is 0.748. The van der Waals surface area contributed by atoms with Gasteiger partial charge in [-0.2, -0.15) is 5.21 Å². The van der Waals surface area contributed by atoms with Crippen molar-refractivity contribution in [3.63, 3.8) is 0 Å². The highest BCUT2D eigenvalue weighted by molar-refractivity contribution is 6.00. The molecule has 1 aromatic heterocycles. The van der Waals surface area contributed by atoms with Gasteiger partial charge in [-0.1, -0.05) is 47.7 Å². The topological polar surface area (TPSA) is 97.5 Å². The largest absolute Gasteiger partial charge is 0.366 e. The first kappa shape index (κ1) is 13.9. The molecule has 0 aliphatic heterocycles. The molecule has 0 atom stereocenters. The third kappa shape index (κ3) is 3.01. The number of H-pyrrole nitrogens is 1. The molecular formula is C16H15N5O. The average molecular weight is 293 g/mol. The van der Waals surface area contributed by atoms with Crippen LogP contribution in [-0.2, 0) is 12.8 Å². The fourth-order valence-corrected chi connectivity index (χ4v) is 2.36. The van der Waals surface area contributed by atoms with Crippen LogP contribution in [0.15, 0.2) is 48.5 Å². The summed E-state index contributed by atoms with van der Waals surface area (Å²) in [6.07, 6.45) is 1.37. The molecule has 0 spiro atoms. The van der Waals surface area contributed by atoms with Crippen molar-refractivity contribution in [3.05, 3.63) is 65.5 Å². The lowest BCUT2D eigenvalue weighted by molar-refractivity contribution is 0.100. The summed E-state index contributed by atoms with van der Waals surface area (Å²) < 4.78 is 0. The van der Waals surface area contributed by atoms with Gasteiger partial charge in [0.25, 0.3) is 0 Å². The number of benzene rings is 2. The Hall–Kier alpha value is -3.02. The standard InChI is InChI=1S/C16H15N5O/c17-16(22)14-10-11(7-9-15-18-20-21-19-15)6-8-13(14)12-4-2-1-3-5-12/h1-6,8,10H,7,9H2,(H2,17,22)(H,18,19,20,21). The molecule has 1 amide bonds. The second-order valence-corrected chi connectivity index (χ2v) is 4.94. The van der Waals surface area contributed by atoms with Crippen molar-refractivity contribution in [1.29, 1.82) is 0 Å². The number of hydrogen-bond donors (Lipinski definition) is 2. The molecule has 0 saturated carbocycles. The average Bonchev–Trinajstić information content (AvgIpc) is 3.07. The van der Waals surface area contributed by atoms with Crippen molar-refractivity contribution in [3.8, 4) is 11.1 Å². The predicted octanol–water partition coefficient (Wildman–Crippen LogP) is 1.75. The number of carbonyl (C=O) groups excluding carboxylic acids is 1. The minimum Gasteiger partial charge on any atom is -0.366 e. The fraction of sp³-hybridized carbons (Fsp3) is 0.125. The van der Waals surface area contributed by atoms with E-state index in [4.69, 9.17) is 5.73 Å². The minimum atomic E-state index is -0.430. The van der Waals surface area contributed by atoms with Gasteiger partial charge in [0.15, 0.2) is 5.82 Å². The Kier molecular flexibility index (Phi) is 3.91. The predicted molar refractivity (Wildman–Crippen MR) is 82.0 cm³/mol. The van der Waals surface area contributed by atoms with Crippen LogP contribution < -0.4 is 5.73 Å². The lowest BCUT2D eigenvalue weighted by Gasteiger charge is -2.09. The monoisotopic (exact) mass is 293 g/mol. The van der Waals surface area contributed by atoms with E-state index in [2.05, 4.69) is 20.6 Å². The van der Waals surface area contributed by atoms with Crippen molar-refractivity contribution in [2.75, 3.05) is 0 Å². The van der Waals surface area contributed by atoms with Crippen LogP contribution >= 0.6 is 0 Å².